The first kappa shape index (κ1) is 57.5. The third-order valence-electron chi connectivity index (χ3n) is 11.9. The predicted molar refractivity (Wildman–Crippen MR) is 249 cm³/mol. The van der Waals surface area contributed by atoms with Crippen molar-refractivity contribution in [2.75, 3.05) is 40.9 Å². The molecular weight excluding hydrogens is 744 g/mol. The third kappa shape index (κ3) is 43.6. The molecule has 1 amide bonds. The average Bonchev–Trinajstić information content (AvgIpc) is 3.17. The maximum Gasteiger partial charge on any atom is 0.472 e. The maximum atomic E-state index is 12.9. The van der Waals surface area contributed by atoms with Crippen LogP contribution in [0.3, 0.4) is 0 Å². The molecule has 0 aromatic carbocycles. The second-order valence-corrected chi connectivity index (χ2v) is 20.4. The van der Waals surface area contributed by atoms with Crippen LogP contribution in [0.15, 0.2) is 0 Å². The summed E-state index contributed by atoms with van der Waals surface area (Å²) in [6.07, 6.45) is 47.2. The molecular formula is C49H102N2O6P+. The molecule has 0 aromatic heterocycles. The van der Waals surface area contributed by atoms with Crippen LogP contribution in [0.1, 0.15) is 258 Å². The number of unbranched alkanes of at least 4 members (excludes halogenated alkanes) is 34. The molecule has 0 aliphatic carbocycles. The number of carbonyl (C=O) groups is 1. The Balaban J connectivity index is 4.07. The van der Waals surface area contributed by atoms with Crippen LogP contribution in [0.25, 0.3) is 0 Å². The van der Waals surface area contributed by atoms with Crippen molar-refractivity contribution >= 4 is 13.7 Å². The number of phosphoric ester groups is 1. The first-order valence-electron chi connectivity index (χ1n) is 25.4. The fourth-order valence-electron chi connectivity index (χ4n) is 7.81. The van der Waals surface area contributed by atoms with E-state index in [1.807, 2.05) is 21.1 Å². The van der Waals surface area contributed by atoms with Crippen molar-refractivity contribution in [2.45, 2.75) is 270 Å². The van der Waals surface area contributed by atoms with E-state index in [0.29, 0.717) is 23.9 Å². The Bertz CT molecular complexity index is 916. The van der Waals surface area contributed by atoms with Gasteiger partial charge in [-0.3, -0.25) is 13.8 Å². The average molecular weight is 846 g/mol. The smallest absolute Gasteiger partial charge is 0.391 e. The molecule has 9 heteroatoms. The van der Waals surface area contributed by atoms with Gasteiger partial charge in [0.25, 0.3) is 0 Å². The van der Waals surface area contributed by atoms with Gasteiger partial charge >= 0.3 is 7.82 Å². The van der Waals surface area contributed by atoms with Gasteiger partial charge in [-0.25, -0.2) is 4.57 Å². The lowest BCUT2D eigenvalue weighted by molar-refractivity contribution is -0.870. The van der Waals surface area contributed by atoms with Crippen LogP contribution in [0.4, 0.5) is 0 Å². The van der Waals surface area contributed by atoms with Crippen molar-refractivity contribution in [1.82, 2.24) is 5.32 Å². The molecule has 58 heavy (non-hydrogen) atoms. The second-order valence-electron chi connectivity index (χ2n) is 18.9. The lowest BCUT2D eigenvalue weighted by Gasteiger charge is -2.26. The molecule has 0 rings (SSSR count). The van der Waals surface area contributed by atoms with Crippen molar-refractivity contribution in [3.63, 3.8) is 0 Å². The summed E-state index contributed by atoms with van der Waals surface area (Å²) in [5.74, 6) is -0.139. The zero-order valence-corrected chi connectivity index (χ0v) is 40.5. The number of hydrogen-bond donors (Lipinski definition) is 3. The van der Waals surface area contributed by atoms with Gasteiger partial charge in [-0.2, -0.15) is 0 Å². The van der Waals surface area contributed by atoms with Crippen LogP contribution in [-0.2, 0) is 18.4 Å². The normalized spacial score (nSPS) is 14.1. The van der Waals surface area contributed by atoms with Crippen LogP contribution in [-0.4, -0.2) is 73.4 Å². The van der Waals surface area contributed by atoms with Gasteiger partial charge in [0.2, 0.25) is 5.91 Å². The van der Waals surface area contributed by atoms with Crippen LogP contribution in [0.5, 0.6) is 0 Å². The second kappa shape index (κ2) is 41.8. The molecule has 0 spiro atoms. The lowest BCUT2D eigenvalue weighted by atomic mass is 10.0. The number of amides is 1. The standard InChI is InChI=1S/C49H101N2O6P/c1-6-8-10-12-14-16-18-19-20-21-22-23-24-25-26-27-28-29-30-31-33-35-37-39-41-43-49(53)50-47(46-57-58(54,55)56-45-44-51(3,4)5)48(52)42-40-38-36-34-32-17-15-13-11-9-7-2/h47-48,52H,6-46H2,1-5H3,(H-,50,53,54,55)/p+1/t47-,48+/m0/s1. The third-order valence-corrected chi connectivity index (χ3v) is 12.8. The van der Waals surface area contributed by atoms with Gasteiger partial charge in [0, 0.05) is 6.42 Å². The number of phosphoric acid groups is 1. The van der Waals surface area contributed by atoms with E-state index in [2.05, 4.69) is 19.2 Å². The molecule has 0 fully saturated rings. The Labute approximate surface area is 361 Å². The Morgan fingerprint density at radius 1 is 0.517 bits per heavy atom. The first-order valence-corrected chi connectivity index (χ1v) is 26.9. The summed E-state index contributed by atoms with van der Waals surface area (Å²) >= 11 is 0. The number of nitrogens with zero attached hydrogens (tertiary/aromatic N) is 1. The SMILES string of the molecule is CCCCCCCCCCCCCCCCCCCCCCCCCCCC(=O)N[C@@H](COP(=O)(O)OCC[N+](C)(C)C)[C@H](O)CCCCCCCCCCCCC. The van der Waals surface area contributed by atoms with E-state index >= 15 is 0 Å². The Kier molecular flexibility index (Phi) is 41.5. The summed E-state index contributed by atoms with van der Waals surface area (Å²) in [5.41, 5.74) is 0. The van der Waals surface area contributed by atoms with E-state index in [-0.39, 0.29) is 19.1 Å². The van der Waals surface area contributed by atoms with Crippen LogP contribution < -0.4 is 5.32 Å². The molecule has 3 atom stereocenters. The van der Waals surface area contributed by atoms with Crippen molar-refractivity contribution in [3.8, 4) is 0 Å². The number of likely N-dealkylation sites (N-methyl/N-ethyl adjacent to an activating group) is 1. The summed E-state index contributed by atoms with van der Waals surface area (Å²) in [7, 11) is 1.63. The molecule has 0 saturated heterocycles. The van der Waals surface area contributed by atoms with E-state index in [9.17, 15) is 19.4 Å². The van der Waals surface area contributed by atoms with E-state index < -0.39 is 20.0 Å². The van der Waals surface area contributed by atoms with Crippen LogP contribution in [0, 0.1) is 0 Å². The Hall–Kier alpha value is -0.500. The molecule has 0 aliphatic rings. The Morgan fingerprint density at radius 2 is 0.828 bits per heavy atom. The number of aliphatic hydroxyl groups excluding tert-OH is 1. The number of quaternary nitrogens is 1. The topological polar surface area (TPSA) is 105 Å². The molecule has 0 aromatic rings. The number of carbonyl (C=O) groups excluding carboxylic acids is 1. The first-order chi connectivity index (χ1) is 28.0. The van der Waals surface area contributed by atoms with Gasteiger partial charge in [0.1, 0.15) is 13.2 Å². The van der Waals surface area contributed by atoms with Crippen LogP contribution in [0.2, 0.25) is 0 Å². The van der Waals surface area contributed by atoms with Gasteiger partial charge in [-0.1, -0.05) is 239 Å². The van der Waals surface area contributed by atoms with Crippen molar-refractivity contribution < 1.29 is 32.9 Å². The Morgan fingerprint density at radius 3 is 1.16 bits per heavy atom. The summed E-state index contributed by atoms with van der Waals surface area (Å²) in [4.78, 5) is 23.2. The minimum atomic E-state index is -4.31. The molecule has 0 saturated carbocycles. The molecule has 0 aliphatic heterocycles. The van der Waals surface area contributed by atoms with E-state index in [1.54, 1.807) is 0 Å². The van der Waals surface area contributed by atoms with Gasteiger partial charge in [0.15, 0.2) is 0 Å². The quantitative estimate of drug-likeness (QED) is 0.0320. The predicted octanol–water partition coefficient (Wildman–Crippen LogP) is 14.5. The van der Waals surface area contributed by atoms with Crippen molar-refractivity contribution in [3.05, 3.63) is 0 Å². The summed E-state index contributed by atoms with van der Waals surface area (Å²) in [6, 6.07) is -0.752. The van der Waals surface area contributed by atoms with Gasteiger partial charge in [-0.15, -0.1) is 0 Å². The monoisotopic (exact) mass is 846 g/mol. The van der Waals surface area contributed by atoms with E-state index in [1.165, 1.54) is 193 Å². The fraction of sp³-hybridized carbons (Fsp3) is 0.980. The molecule has 3 N–H and O–H groups in total. The molecule has 8 nitrogen and oxygen atoms in total. The van der Waals surface area contributed by atoms with Crippen LogP contribution >= 0.6 is 7.82 Å². The highest BCUT2D eigenvalue weighted by molar-refractivity contribution is 7.47. The number of hydrogen-bond acceptors (Lipinski definition) is 5. The van der Waals surface area contributed by atoms with Gasteiger partial charge in [-0.05, 0) is 12.8 Å². The number of nitrogens with one attached hydrogen (secondary N) is 1. The highest BCUT2D eigenvalue weighted by Crippen LogP contribution is 2.43. The van der Waals surface area contributed by atoms with E-state index in [0.717, 1.165) is 38.5 Å². The lowest BCUT2D eigenvalue weighted by Crippen LogP contribution is -2.46. The molecule has 0 heterocycles. The van der Waals surface area contributed by atoms with Crippen molar-refractivity contribution in [1.29, 1.82) is 0 Å². The zero-order valence-electron chi connectivity index (χ0n) is 39.6. The van der Waals surface area contributed by atoms with E-state index in [4.69, 9.17) is 9.05 Å². The van der Waals surface area contributed by atoms with Crippen molar-refractivity contribution in [2.24, 2.45) is 0 Å². The molecule has 0 radical (unpaired) electrons. The molecule has 348 valence electrons. The minimum Gasteiger partial charge on any atom is -0.391 e. The molecule has 0 bridgehead atoms. The zero-order chi connectivity index (χ0) is 42.8. The number of rotatable bonds is 47. The summed E-state index contributed by atoms with van der Waals surface area (Å²) in [6.45, 7) is 4.91. The summed E-state index contributed by atoms with van der Waals surface area (Å²) in [5, 5.41) is 14.0. The summed E-state index contributed by atoms with van der Waals surface area (Å²) < 4.78 is 23.6. The largest absolute Gasteiger partial charge is 0.472 e. The molecule has 1 unspecified atom stereocenters. The number of aliphatic hydroxyl groups is 1. The highest BCUT2D eigenvalue weighted by Gasteiger charge is 2.28. The maximum absolute atomic E-state index is 12.9. The minimum absolute atomic E-state index is 0.0786. The van der Waals surface area contributed by atoms with Gasteiger partial charge < -0.3 is 19.8 Å². The highest BCUT2D eigenvalue weighted by atomic mass is 31.2. The van der Waals surface area contributed by atoms with Gasteiger partial charge in [0.05, 0.1) is 39.9 Å². The fourth-order valence-corrected chi connectivity index (χ4v) is 8.55.